The summed E-state index contributed by atoms with van der Waals surface area (Å²) in [6.07, 6.45) is -0.370. The van der Waals surface area contributed by atoms with Crippen LogP contribution >= 0.6 is 24.2 Å². The van der Waals surface area contributed by atoms with E-state index in [1.807, 2.05) is 0 Å². The molecule has 1 aromatic rings. The van der Waals surface area contributed by atoms with E-state index >= 15 is 0 Å². The molecule has 7 heteroatoms. The summed E-state index contributed by atoms with van der Waals surface area (Å²) in [7, 11) is 0. The van der Waals surface area contributed by atoms with Crippen LogP contribution in [-0.2, 0) is 4.79 Å². The first-order valence-corrected chi connectivity index (χ1v) is 7.21. The molecule has 1 heterocycles. The quantitative estimate of drug-likeness (QED) is 0.598. The summed E-state index contributed by atoms with van der Waals surface area (Å²) in [4.78, 5) is 12.6. The number of phenols is 1. The van der Waals surface area contributed by atoms with Gasteiger partial charge in [0.25, 0.3) is 0 Å². The Hall–Kier alpha value is -0.950. The monoisotopic (exact) mass is 318 g/mol. The maximum absolute atomic E-state index is 11.7. The van der Waals surface area contributed by atoms with Gasteiger partial charge in [-0.3, -0.25) is 4.79 Å². The molecule has 4 N–H and O–H groups in total. The van der Waals surface area contributed by atoms with Crippen LogP contribution in [0.4, 0.5) is 0 Å². The Morgan fingerprint density at radius 1 is 1.35 bits per heavy atom. The van der Waals surface area contributed by atoms with Gasteiger partial charge in [0, 0.05) is 30.4 Å². The average molecular weight is 319 g/mol. The molecule has 1 fully saturated rings. The third kappa shape index (κ3) is 5.20. The number of benzene rings is 1. The van der Waals surface area contributed by atoms with Gasteiger partial charge in [-0.25, -0.2) is 0 Å². The topological polar surface area (TPSA) is 81.6 Å². The molecule has 2 unspecified atom stereocenters. The SMILES string of the molecule is Cl.O=C(CSc1ccc(O)cc1)NCC1CNCC1O. The van der Waals surface area contributed by atoms with Crippen LogP contribution in [0.3, 0.4) is 0 Å². The number of phenolic OH excluding ortho intramolecular Hbond substituents is 1. The molecule has 112 valence electrons. The van der Waals surface area contributed by atoms with Gasteiger partial charge in [0.1, 0.15) is 5.75 Å². The van der Waals surface area contributed by atoms with Crippen LogP contribution in [0.15, 0.2) is 29.2 Å². The van der Waals surface area contributed by atoms with Gasteiger partial charge >= 0.3 is 0 Å². The molecule has 5 nitrogen and oxygen atoms in total. The lowest BCUT2D eigenvalue weighted by atomic mass is 10.1. The number of halogens is 1. The van der Waals surface area contributed by atoms with E-state index < -0.39 is 0 Å². The summed E-state index contributed by atoms with van der Waals surface area (Å²) in [5.74, 6) is 0.609. The van der Waals surface area contributed by atoms with Crippen LogP contribution in [-0.4, -0.2) is 47.6 Å². The van der Waals surface area contributed by atoms with Gasteiger partial charge in [0.05, 0.1) is 11.9 Å². The lowest BCUT2D eigenvalue weighted by Gasteiger charge is -2.13. The number of aliphatic hydroxyl groups is 1. The highest BCUT2D eigenvalue weighted by molar-refractivity contribution is 8.00. The van der Waals surface area contributed by atoms with Crippen molar-refractivity contribution in [1.29, 1.82) is 0 Å². The molecule has 0 radical (unpaired) electrons. The van der Waals surface area contributed by atoms with Crippen molar-refractivity contribution in [3.63, 3.8) is 0 Å². The van der Waals surface area contributed by atoms with Crippen LogP contribution in [0.2, 0.25) is 0 Å². The third-order valence-electron chi connectivity index (χ3n) is 3.07. The highest BCUT2D eigenvalue weighted by atomic mass is 35.5. The molecular weight excluding hydrogens is 300 g/mol. The summed E-state index contributed by atoms with van der Waals surface area (Å²) in [5.41, 5.74) is 0. The number of hydrogen-bond acceptors (Lipinski definition) is 5. The maximum Gasteiger partial charge on any atom is 0.230 e. The fraction of sp³-hybridized carbons (Fsp3) is 0.462. The van der Waals surface area contributed by atoms with Gasteiger partial charge in [0.15, 0.2) is 0 Å². The van der Waals surface area contributed by atoms with Crippen molar-refractivity contribution in [2.45, 2.75) is 11.0 Å². The molecule has 1 saturated heterocycles. The molecule has 0 aromatic heterocycles. The first-order chi connectivity index (χ1) is 9.15. The van der Waals surface area contributed by atoms with Crippen LogP contribution in [0.5, 0.6) is 5.75 Å². The first-order valence-electron chi connectivity index (χ1n) is 6.22. The minimum atomic E-state index is -0.370. The largest absolute Gasteiger partial charge is 0.508 e. The van der Waals surface area contributed by atoms with Crippen molar-refractivity contribution in [2.24, 2.45) is 5.92 Å². The smallest absolute Gasteiger partial charge is 0.230 e. The van der Waals surface area contributed by atoms with Crippen molar-refractivity contribution in [3.05, 3.63) is 24.3 Å². The van der Waals surface area contributed by atoms with Crippen molar-refractivity contribution in [2.75, 3.05) is 25.4 Å². The molecule has 2 rings (SSSR count). The minimum absolute atomic E-state index is 0. The number of β-amino-alcohol motifs (C(OH)–C–C–N with tert-alkyl or cyclic N) is 1. The molecule has 0 aliphatic carbocycles. The second kappa shape index (κ2) is 8.36. The summed E-state index contributed by atoms with van der Waals surface area (Å²) < 4.78 is 0. The molecule has 1 aliphatic rings. The van der Waals surface area contributed by atoms with Gasteiger partial charge in [-0.15, -0.1) is 24.2 Å². The fourth-order valence-electron chi connectivity index (χ4n) is 1.91. The zero-order chi connectivity index (χ0) is 13.7. The van der Waals surface area contributed by atoms with Crippen molar-refractivity contribution in [1.82, 2.24) is 10.6 Å². The summed E-state index contributed by atoms with van der Waals surface area (Å²) in [6.45, 7) is 1.85. The van der Waals surface area contributed by atoms with E-state index in [0.29, 0.717) is 18.8 Å². The van der Waals surface area contributed by atoms with Crippen LogP contribution in [0, 0.1) is 5.92 Å². The van der Waals surface area contributed by atoms with Gasteiger partial charge in [0.2, 0.25) is 5.91 Å². The minimum Gasteiger partial charge on any atom is -0.508 e. The molecular formula is C13H19ClN2O3S. The lowest BCUT2D eigenvalue weighted by Crippen LogP contribution is -2.35. The van der Waals surface area contributed by atoms with E-state index in [1.54, 1.807) is 24.3 Å². The Kier molecular flexibility index (Phi) is 7.15. The number of carbonyl (C=O) groups excluding carboxylic acids is 1. The molecule has 20 heavy (non-hydrogen) atoms. The van der Waals surface area contributed by atoms with Gasteiger partial charge < -0.3 is 20.8 Å². The van der Waals surface area contributed by atoms with E-state index in [2.05, 4.69) is 10.6 Å². The van der Waals surface area contributed by atoms with Gasteiger partial charge in [-0.1, -0.05) is 0 Å². The molecule has 0 bridgehead atoms. The van der Waals surface area contributed by atoms with E-state index in [4.69, 9.17) is 5.11 Å². The van der Waals surface area contributed by atoms with E-state index in [-0.39, 0.29) is 36.1 Å². The standard InChI is InChI=1S/C13H18N2O3S.ClH/c16-10-1-3-11(4-2-10)19-8-13(18)15-6-9-5-14-7-12(9)17;/h1-4,9,12,14,16-17H,5-8H2,(H,15,18);1H. The second-order valence-corrected chi connectivity index (χ2v) is 5.62. The number of amides is 1. The predicted octanol–water partition coefficient (Wildman–Crippen LogP) is 0.603. The highest BCUT2D eigenvalue weighted by Gasteiger charge is 2.24. The van der Waals surface area contributed by atoms with E-state index in [1.165, 1.54) is 11.8 Å². The van der Waals surface area contributed by atoms with E-state index in [0.717, 1.165) is 11.4 Å². The average Bonchev–Trinajstić information content (AvgIpc) is 2.81. The number of rotatable bonds is 5. The number of nitrogens with one attached hydrogen (secondary N) is 2. The van der Waals surface area contributed by atoms with Crippen molar-refractivity contribution >= 4 is 30.1 Å². The fourth-order valence-corrected chi connectivity index (χ4v) is 2.64. The molecule has 0 saturated carbocycles. The number of thioether (sulfide) groups is 1. The lowest BCUT2D eigenvalue weighted by molar-refractivity contribution is -0.118. The number of hydrogen-bond donors (Lipinski definition) is 4. The number of aromatic hydroxyl groups is 1. The van der Waals surface area contributed by atoms with Crippen molar-refractivity contribution in [3.8, 4) is 5.75 Å². The Balaban J connectivity index is 0.00000200. The predicted molar refractivity (Wildman–Crippen MR) is 81.5 cm³/mol. The molecule has 0 spiro atoms. The molecule has 1 amide bonds. The number of carbonyl (C=O) groups is 1. The summed E-state index contributed by atoms with van der Waals surface area (Å²) in [5, 5.41) is 24.6. The Morgan fingerprint density at radius 2 is 2.05 bits per heavy atom. The maximum atomic E-state index is 11.7. The van der Waals surface area contributed by atoms with Crippen molar-refractivity contribution < 1.29 is 15.0 Å². The Labute approximate surface area is 128 Å². The van der Waals surface area contributed by atoms with Crippen LogP contribution in [0.25, 0.3) is 0 Å². The van der Waals surface area contributed by atoms with E-state index in [9.17, 15) is 9.90 Å². The zero-order valence-corrected chi connectivity index (χ0v) is 12.5. The number of aliphatic hydroxyl groups excluding tert-OH is 1. The first kappa shape index (κ1) is 17.1. The summed E-state index contributed by atoms with van der Waals surface area (Å²) >= 11 is 1.42. The Bertz CT molecular complexity index is 430. The molecule has 1 aliphatic heterocycles. The normalized spacial score (nSPS) is 21.2. The molecule has 2 atom stereocenters. The molecule has 1 aromatic carbocycles. The van der Waals surface area contributed by atoms with Crippen LogP contribution in [0.1, 0.15) is 0 Å². The summed E-state index contributed by atoms with van der Waals surface area (Å²) in [6, 6.07) is 6.75. The zero-order valence-electron chi connectivity index (χ0n) is 10.9. The third-order valence-corrected chi connectivity index (χ3v) is 4.08. The van der Waals surface area contributed by atoms with Gasteiger partial charge in [-0.05, 0) is 24.3 Å². The Morgan fingerprint density at radius 3 is 2.65 bits per heavy atom. The second-order valence-electron chi connectivity index (χ2n) is 4.57. The highest BCUT2D eigenvalue weighted by Crippen LogP contribution is 2.20. The van der Waals surface area contributed by atoms with Crippen LogP contribution < -0.4 is 10.6 Å². The van der Waals surface area contributed by atoms with Gasteiger partial charge in [-0.2, -0.15) is 0 Å².